The van der Waals surface area contributed by atoms with Crippen molar-refractivity contribution in [2.24, 2.45) is 0 Å². The molecule has 0 aromatic carbocycles. The number of nitrogen functional groups attached to an aromatic ring is 1. The molecule has 0 unspecified atom stereocenters. The lowest BCUT2D eigenvalue weighted by atomic mass is 10.1. The molecule has 1 aromatic rings. The van der Waals surface area contributed by atoms with Gasteiger partial charge in [0.1, 0.15) is 30.2 Å². The summed E-state index contributed by atoms with van der Waals surface area (Å²) in [5.41, 5.74) is 5.27. The van der Waals surface area contributed by atoms with Gasteiger partial charge in [-0.25, -0.2) is 14.3 Å². The van der Waals surface area contributed by atoms with Crippen LogP contribution in [-0.4, -0.2) is 88.6 Å². The van der Waals surface area contributed by atoms with Crippen molar-refractivity contribution in [3.05, 3.63) is 12.0 Å². The van der Waals surface area contributed by atoms with E-state index in [0.717, 1.165) is 10.9 Å². The number of aliphatic hydroxyl groups excluding tert-OH is 2. The predicted molar refractivity (Wildman–Crippen MR) is 91.7 cm³/mol. The molecule has 0 saturated carbocycles. The molecule has 2 rings (SSSR count). The van der Waals surface area contributed by atoms with Crippen LogP contribution in [0.1, 0.15) is 23.1 Å². The van der Waals surface area contributed by atoms with Crippen LogP contribution in [0.4, 0.5) is 5.82 Å². The maximum atomic E-state index is 12.2. The van der Waals surface area contributed by atoms with E-state index in [1.807, 2.05) is 5.32 Å². The zero-order valence-corrected chi connectivity index (χ0v) is 15.8. The van der Waals surface area contributed by atoms with Gasteiger partial charge in [-0.05, 0) is 0 Å². The van der Waals surface area contributed by atoms with Gasteiger partial charge in [0, 0.05) is 0 Å². The van der Waals surface area contributed by atoms with Gasteiger partial charge < -0.3 is 46.0 Å². The number of carbonyl (C=O) groups is 3. The summed E-state index contributed by atoms with van der Waals surface area (Å²) in [7, 11) is -4.87. The number of nitrogens with two attached hydrogens (primary N) is 1. The third kappa shape index (κ3) is 5.51. The van der Waals surface area contributed by atoms with Gasteiger partial charge in [-0.3, -0.25) is 18.7 Å². The van der Waals surface area contributed by atoms with Crippen molar-refractivity contribution in [2.45, 2.75) is 37.0 Å². The van der Waals surface area contributed by atoms with Gasteiger partial charge >= 0.3 is 19.8 Å². The first-order chi connectivity index (χ1) is 13.8. The number of carboxylic acids is 2. The number of hydrogen-bond donors (Lipinski definition) is 8. The van der Waals surface area contributed by atoms with Crippen LogP contribution in [-0.2, 0) is 23.4 Å². The van der Waals surface area contributed by atoms with Crippen molar-refractivity contribution in [1.82, 2.24) is 14.9 Å². The van der Waals surface area contributed by atoms with Crippen LogP contribution in [0.15, 0.2) is 6.33 Å². The molecule has 0 spiro atoms. The van der Waals surface area contributed by atoms with E-state index in [1.54, 1.807) is 0 Å². The topological polar surface area (TPSA) is 264 Å². The van der Waals surface area contributed by atoms with Crippen molar-refractivity contribution in [2.75, 3.05) is 12.3 Å². The molecule has 9 N–H and O–H groups in total. The molecular weight excluding hydrogens is 435 g/mol. The molecule has 1 aliphatic heterocycles. The minimum absolute atomic E-state index is 0.417. The Morgan fingerprint density at radius 2 is 1.93 bits per heavy atom. The predicted octanol–water partition coefficient (Wildman–Crippen LogP) is -3.15. The van der Waals surface area contributed by atoms with Gasteiger partial charge in [0.05, 0.1) is 19.4 Å². The molecule has 0 radical (unpaired) electrons. The first kappa shape index (κ1) is 23.7. The Kier molecular flexibility index (Phi) is 7.14. The number of nitrogens with one attached hydrogen (secondary N) is 1. The second kappa shape index (κ2) is 9.05. The van der Waals surface area contributed by atoms with Crippen LogP contribution in [0.3, 0.4) is 0 Å². The molecule has 2 heterocycles. The highest BCUT2D eigenvalue weighted by Crippen LogP contribution is 2.38. The molecule has 16 nitrogen and oxygen atoms in total. The van der Waals surface area contributed by atoms with E-state index in [1.165, 1.54) is 0 Å². The van der Waals surface area contributed by atoms with Gasteiger partial charge in [-0.15, -0.1) is 0 Å². The number of phosphoric ester groups is 1. The highest BCUT2D eigenvalue weighted by atomic mass is 31.2. The molecule has 30 heavy (non-hydrogen) atoms. The summed E-state index contributed by atoms with van der Waals surface area (Å²) in [6.45, 7) is -0.767. The maximum Gasteiger partial charge on any atom is 0.469 e. The van der Waals surface area contributed by atoms with Crippen molar-refractivity contribution in [3.8, 4) is 0 Å². The maximum absolute atomic E-state index is 12.2. The first-order valence-corrected chi connectivity index (χ1v) is 9.64. The minimum Gasteiger partial charge on any atom is -0.481 e. The normalized spacial score (nSPS) is 25.1. The lowest BCUT2D eigenvalue weighted by molar-refractivity contribution is -0.145. The fourth-order valence-corrected chi connectivity index (χ4v) is 2.96. The van der Waals surface area contributed by atoms with Gasteiger partial charge in [0.2, 0.25) is 0 Å². The minimum atomic E-state index is -4.87. The van der Waals surface area contributed by atoms with Crippen molar-refractivity contribution in [1.29, 1.82) is 0 Å². The van der Waals surface area contributed by atoms with E-state index in [0.29, 0.717) is 0 Å². The number of ether oxygens (including phenoxy) is 1. The van der Waals surface area contributed by atoms with Crippen LogP contribution >= 0.6 is 7.82 Å². The zero-order valence-electron chi connectivity index (χ0n) is 14.9. The summed E-state index contributed by atoms with van der Waals surface area (Å²) >= 11 is 0. The summed E-state index contributed by atoms with van der Waals surface area (Å²) in [4.78, 5) is 55.1. The smallest absolute Gasteiger partial charge is 0.469 e. The largest absolute Gasteiger partial charge is 0.481 e. The molecule has 1 amide bonds. The van der Waals surface area contributed by atoms with Crippen LogP contribution in [0.25, 0.3) is 0 Å². The van der Waals surface area contributed by atoms with E-state index in [2.05, 4.69) is 9.51 Å². The highest BCUT2D eigenvalue weighted by molar-refractivity contribution is 7.46. The molecular formula is C13H19N4O12P. The number of anilines is 1. The Morgan fingerprint density at radius 1 is 1.30 bits per heavy atom. The lowest BCUT2D eigenvalue weighted by Gasteiger charge is -2.18. The first-order valence-electron chi connectivity index (χ1n) is 8.11. The highest BCUT2D eigenvalue weighted by Gasteiger charge is 2.45. The van der Waals surface area contributed by atoms with E-state index in [9.17, 15) is 29.2 Å². The van der Waals surface area contributed by atoms with E-state index < -0.39 is 80.8 Å². The Labute approximate surface area is 167 Å². The van der Waals surface area contributed by atoms with E-state index >= 15 is 0 Å². The number of carbonyl (C=O) groups excluding carboxylic acids is 1. The Balaban J connectivity index is 2.16. The molecule has 1 saturated heterocycles. The van der Waals surface area contributed by atoms with Gasteiger partial charge in [-0.2, -0.15) is 0 Å². The number of aliphatic hydroxyl groups is 2. The summed E-state index contributed by atoms with van der Waals surface area (Å²) in [6.07, 6.45) is -6.03. The molecule has 5 atom stereocenters. The SMILES string of the molecule is Nc1c(C(=O)N[C@@H](CC(=O)O)C(=O)O)ncn1[C@@H]1O[C@H](COP(=O)(O)O)[C@H](O)[C@@H]1O. The molecule has 0 aliphatic carbocycles. The van der Waals surface area contributed by atoms with Crippen LogP contribution in [0, 0.1) is 0 Å². The fraction of sp³-hybridized carbons (Fsp3) is 0.538. The number of carboxylic acid groups (broad SMARTS) is 2. The number of nitrogens with zero attached hydrogens (tertiary/aromatic N) is 2. The molecule has 168 valence electrons. The Bertz CT molecular complexity index is 868. The quantitative estimate of drug-likeness (QED) is 0.171. The monoisotopic (exact) mass is 454 g/mol. The molecule has 1 fully saturated rings. The van der Waals surface area contributed by atoms with Crippen LogP contribution in [0.5, 0.6) is 0 Å². The van der Waals surface area contributed by atoms with Crippen molar-refractivity contribution >= 4 is 31.5 Å². The summed E-state index contributed by atoms with van der Waals surface area (Å²) in [6, 6.07) is -1.76. The standard InChI is InChI=1S/C13H19N4O12P/c14-10-7(11(22)16-4(13(23)24)1-6(18)19)15-3-17(10)12-9(21)8(20)5(29-12)2-28-30(25,26)27/h3-5,8-9,12,20-21H,1-2,14H2,(H,16,22)(H,18,19)(H,23,24)(H2,25,26,27)/t4-,5+,8-,9-,12+/m0/s1. The lowest BCUT2D eigenvalue weighted by Crippen LogP contribution is -2.42. The number of aliphatic carboxylic acids is 2. The van der Waals surface area contributed by atoms with E-state index in [4.69, 9.17) is 30.5 Å². The van der Waals surface area contributed by atoms with Gasteiger partial charge in [0.15, 0.2) is 11.9 Å². The number of amides is 1. The van der Waals surface area contributed by atoms with Gasteiger partial charge in [0.25, 0.3) is 5.91 Å². The Hall–Kier alpha value is -2.59. The van der Waals surface area contributed by atoms with Crippen molar-refractivity contribution in [3.63, 3.8) is 0 Å². The van der Waals surface area contributed by atoms with Crippen LogP contribution < -0.4 is 11.1 Å². The zero-order chi connectivity index (χ0) is 22.8. The molecule has 17 heteroatoms. The summed E-state index contributed by atoms with van der Waals surface area (Å²) < 4.78 is 21.2. The third-order valence-corrected chi connectivity index (χ3v) is 4.53. The number of aromatic nitrogens is 2. The number of hydrogen-bond acceptors (Lipinski definition) is 10. The van der Waals surface area contributed by atoms with Crippen molar-refractivity contribution < 1.29 is 58.4 Å². The summed E-state index contributed by atoms with van der Waals surface area (Å²) in [5, 5.41) is 39.7. The fourth-order valence-electron chi connectivity index (χ4n) is 2.62. The third-order valence-electron chi connectivity index (χ3n) is 4.05. The average molecular weight is 454 g/mol. The number of rotatable bonds is 9. The Morgan fingerprint density at radius 3 is 2.47 bits per heavy atom. The number of phosphoric acid groups is 1. The van der Waals surface area contributed by atoms with E-state index in [-0.39, 0.29) is 0 Å². The average Bonchev–Trinajstić information content (AvgIpc) is 3.12. The second-order valence-corrected chi connectivity index (χ2v) is 7.42. The molecule has 0 bridgehead atoms. The van der Waals surface area contributed by atoms with Crippen LogP contribution in [0.2, 0.25) is 0 Å². The van der Waals surface area contributed by atoms with Gasteiger partial charge in [-0.1, -0.05) is 0 Å². The molecule has 1 aromatic heterocycles. The molecule has 1 aliphatic rings. The number of imidazole rings is 1. The summed E-state index contributed by atoms with van der Waals surface area (Å²) in [5.74, 6) is -4.61. The second-order valence-electron chi connectivity index (χ2n) is 6.18.